The third-order valence-corrected chi connectivity index (χ3v) is 8.17. The Morgan fingerprint density at radius 2 is 1.86 bits per heavy atom. The second-order valence-electron chi connectivity index (χ2n) is 10.3. The second-order valence-corrected chi connectivity index (χ2v) is 11.3. The van der Waals surface area contributed by atoms with Crippen molar-refractivity contribution in [2.45, 2.75) is 71.1 Å². The Labute approximate surface area is 216 Å². The van der Waals surface area contributed by atoms with Crippen molar-refractivity contribution in [2.75, 3.05) is 26.2 Å². The van der Waals surface area contributed by atoms with Gasteiger partial charge < -0.3 is 9.64 Å². The molecular weight excluding hydrogens is 482 g/mol. The summed E-state index contributed by atoms with van der Waals surface area (Å²) in [7, 11) is 0. The van der Waals surface area contributed by atoms with E-state index in [1.165, 1.54) is 35.5 Å². The van der Waals surface area contributed by atoms with Crippen molar-refractivity contribution in [3.8, 4) is 5.19 Å². The third kappa shape index (κ3) is 8.40. The Balaban J connectivity index is 1.13. The van der Waals surface area contributed by atoms with E-state index in [9.17, 15) is 13.6 Å². The summed E-state index contributed by atoms with van der Waals surface area (Å²) in [5, 5.41) is 0.366. The van der Waals surface area contributed by atoms with E-state index in [4.69, 9.17) is 4.74 Å². The number of carbonyl (C=O) groups is 1. The van der Waals surface area contributed by atoms with Crippen molar-refractivity contribution in [3.05, 3.63) is 40.4 Å². The zero-order valence-corrected chi connectivity index (χ0v) is 22.0. The number of halogens is 2. The minimum atomic E-state index is -2.84. The quantitative estimate of drug-likeness (QED) is 0.385. The number of hydrogen-bond donors (Lipinski definition) is 0. The molecule has 6 nitrogen and oxygen atoms in total. The molecule has 0 bridgehead atoms. The number of alkyl halides is 2. The molecule has 1 aliphatic carbocycles. The lowest BCUT2D eigenvalue weighted by Crippen LogP contribution is -2.29. The second kappa shape index (κ2) is 12.3. The summed E-state index contributed by atoms with van der Waals surface area (Å²) in [5.41, 5.74) is 1.86. The summed E-state index contributed by atoms with van der Waals surface area (Å²) in [4.78, 5) is 28.8. The van der Waals surface area contributed by atoms with Gasteiger partial charge in [-0.2, -0.15) is 0 Å². The van der Waals surface area contributed by atoms with E-state index in [0.29, 0.717) is 17.5 Å². The Hall–Kier alpha value is -2.26. The van der Waals surface area contributed by atoms with E-state index in [0.717, 1.165) is 75.2 Å². The minimum absolute atomic E-state index is 0.182. The highest BCUT2D eigenvalue weighted by atomic mass is 32.1. The van der Waals surface area contributed by atoms with Gasteiger partial charge in [-0.05, 0) is 63.1 Å². The van der Waals surface area contributed by atoms with Crippen LogP contribution in [0.15, 0.2) is 18.5 Å². The summed E-state index contributed by atoms with van der Waals surface area (Å²) in [6.45, 7) is 5.08. The highest BCUT2D eigenvalue weighted by molar-refractivity contribution is 7.13. The molecule has 0 unspecified atom stereocenters. The molecule has 9 heteroatoms. The lowest BCUT2D eigenvalue weighted by atomic mass is 9.78. The van der Waals surface area contributed by atoms with Gasteiger partial charge in [0.2, 0.25) is 0 Å². The number of carbonyl (C=O) groups excluding carboxylic acids is 1. The van der Waals surface area contributed by atoms with E-state index in [-0.39, 0.29) is 5.78 Å². The fourth-order valence-electron chi connectivity index (χ4n) is 4.98. The number of ether oxygens (including phenoxy) is 1. The normalized spacial score (nSPS) is 21.3. The number of allylic oxidation sites excluding steroid dienone is 1. The maximum absolute atomic E-state index is 13.0. The first kappa shape index (κ1) is 26.8. The Morgan fingerprint density at radius 1 is 1.17 bits per heavy atom. The average molecular weight is 519 g/mol. The van der Waals surface area contributed by atoms with Crippen LogP contribution in [-0.4, -0.2) is 57.8 Å². The van der Waals surface area contributed by atoms with Gasteiger partial charge in [0, 0.05) is 55.7 Å². The molecule has 0 amide bonds. The number of fused-ring (bicyclic) bond motifs is 1. The first-order valence-corrected chi connectivity index (χ1v) is 13.8. The van der Waals surface area contributed by atoms with E-state index in [1.54, 1.807) is 24.5 Å². The maximum Gasteiger partial charge on any atom is 0.278 e. The van der Waals surface area contributed by atoms with E-state index < -0.39 is 12.5 Å². The van der Waals surface area contributed by atoms with Gasteiger partial charge in [-0.3, -0.25) is 4.79 Å². The number of ketones is 1. The Bertz CT molecular complexity index is 1000. The number of aromatic nitrogens is 3. The molecule has 2 aromatic rings. The van der Waals surface area contributed by atoms with Gasteiger partial charge in [-0.25, -0.2) is 23.7 Å². The molecule has 36 heavy (non-hydrogen) atoms. The van der Waals surface area contributed by atoms with Crippen molar-refractivity contribution in [1.82, 2.24) is 19.9 Å². The molecule has 3 heterocycles. The lowest BCUT2D eigenvalue weighted by molar-refractivity contribution is -0.115. The van der Waals surface area contributed by atoms with Crippen LogP contribution in [0.4, 0.5) is 8.78 Å². The number of hydrogen-bond acceptors (Lipinski definition) is 7. The van der Waals surface area contributed by atoms with Gasteiger partial charge in [-0.1, -0.05) is 24.2 Å². The predicted molar refractivity (Wildman–Crippen MR) is 138 cm³/mol. The van der Waals surface area contributed by atoms with E-state index in [1.807, 2.05) is 6.92 Å². The lowest BCUT2D eigenvalue weighted by Gasteiger charge is -2.30. The monoisotopic (exact) mass is 518 g/mol. The molecule has 0 radical (unpaired) electrons. The number of rotatable bonds is 10. The van der Waals surface area contributed by atoms with Gasteiger partial charge >= 0.3 is 0 Å². The predicted octanol–water partition coefficient (Wildman–Crippen LogP) is 5.55. The summed E-state index contributed by atoms with van der Waals surface area (Å²) in [6, 6.07) is 0. The highest BCUT2D eigenvalue weighted by Crippen LogP contribution is 2.34. The molecule has 1 aliphatic heterocycles. The molecule has 0 atom stereocenters. The van der Waals surface area contributed by atoms with E-state index >= 15 is 0 Å². The topological polar surface area (TPSA) is 68.2 Å². The van der Waals surface area contributed by atoms with Gasteiger partial charge in [0.1, 0.15) is 5.82 Å². The first-order chi connectivity index (χ1) is 17.2. The molecule has 0 spiro atoms. The van der Waals surface area contributed by atoms with Crippen LogP contribution < -0.4 is 4.74 Å². The Morgan fingerprint density at radius 3 is 2.58 bits per heavy atom. The van der Waals surface area contributed by atoms with Gasteiger partial charge in [0.25, 0.3) is 11.1 Å². The molecule has 4 rings (SSSR count). The summed E-state index contributed by atoms with van der Waals surface area (Å²) < 4.78 is 31.3. The maximum atomic E-state index is 13.0. The van der Waals surface area contributed by atoms with Crippen LogP contribution >= 0.6 is 11.3 Å². The van der Waals surface area contributed by atoms with Crippen LogP contribution in [0.25, 0.3) is 6.08 Å². The standard InChI is InChI=1S/C27H36F2N4O2S/c1-19-30-16-22(17-31-19)7-8-23(34)15-21-5-3-20(4-6-21)9-12-33-13-10-24-25(11-14-33)36-26(32-24)35-18-27(2,28)29/h7-8,16-17,20-21H,3-6,9-15,18H2,1-2H3. The fourth-order valence-corrected chi connectivity index (χ4v) is 5.92. The SMILES string of the molecule is Cc1ncc(C=CC(=O)CC2CCC(CCN3CCc4nc(OCC(C)(F)F)sc4CC3)CC2)cn1. The first-order valence-electron chi connectivity index (χ1n) is 12.9. The molecule has 0 saturated heterocycles. The average Bonchev–Trinajstić information content (AvgIpc) is 3.15. The summed E-state index contributed by atoms with van der Waals surface area (Å²) in [5.74, 6) is -0.729. The summed E-state index contributed by atoms with van der Waals surface area (Å²) >= 11 is 1.41. The van der Waals surface area contributed by atoms with Gasteiger partial charge in [0.05, 0.1) is 5.69 Å². The highest BCUT2D eigenvalue weighted by Gasteiger charge is 2.26. The largest absolute Gasteiger partial charge is 0.464 e. The molecule has 1 fully saturated rings. The van der Waals surface area contributed by atoms with Crippen LogP contribution in [0.3, 0.4) is 0 Å². The van der Waals surface area contributed by atoms with E-state index in [2.05, 4.69) is 19.9 Å². The fraction of sp³-hybridized carbons (Fsp3) is 0.630. The van der Waals surface area contributed by atoms with Crippen LogP contribution in [0.2, 0.25) is 0 Å². The Kier molecular flexibility index (Phi) is 9.17. The molecule has 2 aliphatic rings. The third-order valence-electron chi connectivity index (χ3n) is 7.10. The minimum Gasteiger partial charge on any atom is -0.464 e. The zero-order chi connectivity index (χ0) is 25.5. The van der Waals surface area contributed by atoms with Crippen molar-refractivity contribution in [2.24, 2.45) is 11.8 Å². The van der Waals surface area contributed by atoms with Crippen LogP contribution in [0.5, 0.6) is 5.19 Å². The molecule has 0 N–H and O–H groups in total. The molecular formula is C27H36F2N4O2S. The van der Waals surface area contributed by atoms with Gasteiger partial charge in [-0.15, -0.1) is 0 Å². The van der Waals surface area contributed by atoms with Crippen LogP contribution in [-0.2, 0) is 17.6 Å². The zero-order valence-electron chi connectivity index (χ0n) is 21.2. The van der Waals surface area contributed by atoms with Gasteiger partial charge in [0.15, 0.2) is 12.4 Å². The molecule has 2 aromatic heterocycles. The molecule has 1 saturated carbocycles. The smallest absolute Gasteiger partial charge is 0.278 e. The molecule has 196 valence electrons. The van der Waals surface area contributed by atoms with Crippen molar-refractivity contribution in [1.29, 1.82) is 0 Å². The van der Waals surface area contributed by atoms with Crippen LogP contribution in [0, 0.1) is 18.8 Å². The van der Waals surface area contributed by atoms with Crippen LogP contribution in [0.1, 0.15) is 67.4 Å². The summed E-state index contributed by atoms with van der Waals surface area (Å²) in [6.07, 6.45) is 15.1. The number of nitrogens with zero attached hydrogens (tertiary/aromatic N) is 4. The van der Waals surface area contributed by atoms with Crippen molar-refractivity contribution >= 4 is 23.2 Å². The number of thiazole rings is 1. The number of aryl methyl sites for hydroxylation is 1. The molecule has 0 aromatic carbocycles. The van der Waals surface area contributed by atoms with Crippen molar-refractivity contribution < 1.29 is 18.3 Å². The van der Waals surface area contributed by atoms with Crippen molar-refractivity contribution in [3.63, 3.8) is 0 Å².